The number of methoxy groups -OCH3 is 3. The number of hydrogen-bond acceptors (Lipinski definition) is 5. The molecule has 0 bridgehead atoms. The highest BCUT2D eigenvalue weighted by Crippen LogP contribution is 2.27. The van der Waals surface area contributed by atoms with Gasteiger partial charge >= 0.3 is 0 Å². The van der Waals surface area contributed by atoms with Crippen LogP contribution in [-0.2, 0) is 23.7 Å². The van der Waals surface area contributed by atoms with Crippen molar-refractivity contribution in [3.05, 3.63) is 0 Å². The Morgan fingerprint density at radius 2 is 1.82 bits per heavy atom. The van der Waals surface area contributed by atoms with Crippen LogP contribution in [0.25, 0.3) is 0 Å². The standard InChI is InChI=1S/C12H24O5/c1-10(12(13-2,14-3)15-4)6-5-7-16-8-11-9-17-11/h10-11H,5-9H2,1-4H3. The molecule has 0 saturated carbocycles. The molecule has 0 radical (unpaired) electrons. The topological polar surface area (TPSA) is 49.5 Å². The zero-order chi connectivity index (χ0) is 12.7. The van der Waals surface area contributed by atoms with Gasteiger partial charge in [-0.3, -0.25) is 0 Å². The van der Waals surface area contributed by atoms with E-state index >= 15 is 0 Å². The van der Waals surface area contributed by atoms with Crippen LogP contribution in [0.2, 0.25) is 0 Å². The summed E-state index contributed by atoms with van der Waals surface area (Å²) in [4.78, 5) is 0. The highest BCUT2D eigenvalue weighted by atomic mass is 16.9. The molecule has 2 atom stereocenters. The Morgan fingerprint density at radius 1 is 1.24 bits per heavy atom. The van der Waals surface area contributed by atoms with Gasteiger partial charge in [-0.2, -0.15) is 0 Å². The van der Waals surface area contributed by atoms with Gasteiger partial charge in [-0.05, 0) is 12.8 Å². The summed E-state index contributed by atoms with van der Waals surface area (Å²) in [5, 5.41) is 0. The lowest BCUT2D eigenvalue weighted by atomic mass is 10.0. The molecular weight excluding hydrogens is 224 g/mol. The highest BCUT2D eigenvalue weighted by molar-refractivity contribution is 4.68. The summed E-state index contributed by atoms with van der Waals surface area (Å²) in [7, 11) is 4.76. The van der Waals surface area contributed by atoms with E-state index in [1.54, 1.807) is 21.3 Å². The van der Waals surface area contributed by atoms with E-state index in [4.69, 9.17) is 23.7 Å². The third kappa shape index (κ3) is 4.52. The highest BCUT2D eigenvalue weighted by Gasteiger charge is 2.36. The molecule has 0 aliphatic carbocycles. The molecule has 1 rings (SSSR count). The summed E-state index contributed by atoms with van der Waals surface area (Å²) in [5.41, 5.74) is 0. The van der Waals surface area contributed by atoms with Crippen LogP contribution in [0.15, 0.2) is 0 Å². The molecule has 5 heteroatoms. The first-order valence-electron chi connectivity index (χ1n) is 6.03. The molecule has 1 aliphatic heterocycles. The second kappa shape index (κ2) is 7.28. The third-order valence-electron chi connectivity index (χ3n) is 3.09. The molecule has 5 nitrogen and oxygen atoms in total. The summed E-state index contributed by atoms with van der Waals surface area (Å²) in [5.74, 6) is -0.803. The first-order chi connectivity index (χ1) is 8.18. The molecule has 2 unspecified atom stereocenters. The molecule has 1 heterocycles. The van der Waals surface area contributed by atoms with E-state index in [1.165, 1.54) is 0 Å². The molecule has 0 aromatic heterocycles. The van der Waals surface area contributed by atoms with E-state index in [0.29, 0.717) is 12.7 Å². The molecule has 17 heavy (non-hydrogen) atoms. The molecule has 102 valence electrons. The van der Waals surface area contributed by atoms with Crippen LogP contribution in [0.1, 0.15) is 19.8 Å². The minimum absolute atomic E-state index is 0.142. The molecule has 1 saturated heterocycles. The van der Waals surface area contributed by atoms with E-state index in [0.717, 1.165) is 26.1 Å². The SMILES string of the molecule is COC(OC)(OC)C(C)CCCOCC1CO1. The van der Waals surface area contributed by atoms with Crippen LogP contribution in [-0.4, -0.2) is 53.2 Å². The second-order valence-electron chi connectivity index (χ2n) is 4.29. The molecule has 0 spiro atoms. The lowest BCUT2D eigenvalue weighted by molar-refractivity contribution is -0.377. The van der Waals surface area contributed by atoms with E-state index in [2.05, 4.69) is 0 Å². The van der Waals surface area contributed by atoms with E-state index in [1.807, 2.05) is 6.92 Å². The first kappa shape index (κ1) is 14.9. The maximum Gasteiger partial charge on any atom is 0.284 e. The van der Waals surface area contributed by atoms with Crippen LogP contribution < -0.4 is 0 Å². The number of rotatable bonds is 10. The molecule has 0 aromatic carbocycles. The minimum Gasteiger partial charge on any atom is -0.379 e. The largest absolute Gasteiger partial charge is 0.379 e. The van der Waals surface area contributed by atoms with Crippen LogP contribution in [0.5, 0.6) is 0 Å². The van der Waals surface area contributed by atoms with Crippen molar-refractivity contribution in [2.75, 3.05) is 41.2 Å². The maximum atomic E-state index is 5.47. The monoisotopic (exact) mass is 248 g/mol. The fourth-order valence-corrected chi connectivity index (χ4v) is 1.90. The van der Waals surface area contributed by atoms with Gasteiger partial charge in [0.1, 0.15) is 6.10 Å². The Labute approximate surface area is 103 Å². The van der Waals surface area contributed by atoms with E-state index < -0.39 is 5.97 Å². The fourth-order valence-electron chi connectivity index (χ4n) is 1.90. The van der Waals surface area contributed by atoms with Crippen molar-refractivity contribution in [1.82, 2.24) is 0 Å². The smallest absolute Gasteiger partial charge is 0.284 e. The lowest BCUT2D eigenvalue weighted by Gasteiger charge is -2.34. The number of epoxide rings is 1. The zero-order valence-corrected chi connectivity index (χ0v) is 11.2. The molecule has 0 N–H and O–H groups in total. The van der Waals surface area contributed by atoms with Crippen LogP contribution in [0, 0.1) is 5.92 Å². The lowest BCUT2D eigenvalue weighted by Crippen LogP contribution is -2.42. The van der Waals surface area contributed by atoms with Gasteiger partial charge in [-0.25, -0.2) is 0 Å². The summed E-state index contributed by atoms with van der Waals surface area (Å²) in [6.07, 6.45) is 2.20. The Bertz CT molecular complexity index is 193. The molecule has 1 fully saturated rings. The summed E-state index contributed by atoms with van der Waals surface area (Å²) in [6.45, 7) is 4.33. The van der Waals surface area contributed by atoms with Gasteiger partial charge in [-0.1, -0.05) is 6.92 Å². The number of hydrogen-bond donors (Lipinski definition) is 0. The van der Waals surface area contributed by atoms with Crippen molar-refractivity contribution in [1.29, 1.82) is 0 Å². The van der Waals surface area contributed by atoms with Crippen LogP contribution in [0.4, 0.5) is 0 Å². The second-order valence-corrected chi connectivity index (χ2v) is 4.29. The van der Waals surface area contributed by atoms with Gasteiger partial charge in [0.15, 0.2) is 0 Å². The van der Waals surface area contributed by atoms with Crippen molar-refractivity contribution in [2.45, 2.75) is 31.8 Å². The van der Waals surface area contributed by atoms with Gasteiger partial charge in [0, 0.05) is 33.9 Å². The predicted molar refractivity (Wildman–Crippen MR) is 62.7 cm³/mol. The number of ether oxygens (including phenoxy) is 5. The molecular formula is C12H24O5. The Balaban J connectivity index is 2.14. The molecule has 0 aromatic rings. The van der Waals surface area contributed by atoms with Gasteiger partial charge in [0.25, 0.3) is 5.97 Å². The Morgan fingerprint density at radius 3 is 2.29 bits per heavy atom. The van der Waals surface area contributed by atoms with Gasteiger partial charge in [0.05, 0.1) is 13.2 Å². The van der Waals surface area contributed by atoms with Crippen LogP contribution in [0.3, 0.4) is 0 Å². The summed E-state index contributed by atoms with van der Waals surface area (Å²) < 4.78 is 26.4. The Hall–Kier alpha value is -0.200. The normalized spacial score (nSPS) is 21.5. The first-order valence-corrected chi connectivity index (χ1v) is 6.03. The van der Waals surface area contributed by atoms with Crippen molar-refractivity contribution in [2.24, 2.45) is 5.92 Å². The van der Waals surface area contributed by atoms with Crippen LogP contribution >= 0.6 is 0 Å². The summed E-state index contributed by atoms with van der Waals surface area (Å²) in [6, 6.07) is 0. The van der Waals surface area contributed by atoms with Crippen molar-refractivity contribution in [3.8, 4) is 0 Å². The van der Waals surface area contributed by atoms with Crippen molar-refractivity contribution >= 4 is 0 Å². The maximum absolute atomic E-state index is 5.47. The quantitative estimate of drug-likeness (QED) is 0.332. The van der Waals surface area contributed by atoms with Crippen molar-refractivity contribution in [3.63, 3.8) is 0 Å². The molecule has 1 aliphatic rings. The van der Waals surface area contributed by atoms with Gasteiger partial charge in [-0.15, -0.1) is 0 Å². The van der Waals surface area contributed by atoms with E-state index in [9.17, 15) is 0 Å². The summed E-state index contributed by atoms with van der Waals surface area (Å²) >= 11 is 0. The van der Waals surface area contributed by atoms with Gasteiger partial charge in [0.2, 0.25) is 0 Å². The fraction of sp³-hybridized carbons (Fsp3) is 1.00. The van der Waals surface area contributed by atoms with Gasteiger partial charge < -0.3 is 23.7 Å². The van der Waals surface area contributed by atoms with E-state index in [-0.39, 0.29) is 5.92 Å². The molecule has 0 amide bonds. The Kier molecular flexibility index (Phi) is 6.37. The average Bonchev–Trinajstić information content (AvgIpc) is 3.16. The minimum atomic E-state index is -0.945. The van der Waals surface area contributed by atoms with Crippen molar-refractivity contribution < 1.29 is 23.7 Å². The third-order valence-corrected chi connectivity index (χ3v) is 3.09. The predicted octanol–water partition coefficient (Wildman–Crippen LogP) is 1.41. The average molecular weight is 248 g/mol. The zero-order valence-electron chi connectivity index (χ0n) is 11.2.